The molecule has 0 atom stereocenters. The van der Waals surface area contributed by atoms with Crippen LogP contribution in [0.3, 0.4) is 0 Å². The third-order valence-corrected chi connectivity index (χ3v) is 2.35. The van der Waals surface area contributed by atoms with E-state index in [0.717, 1.165) is 6.42 Å². The molecule has 2 heteroatoms. The lowest BCUT2D eigenvalue weighted by molar-refractivity contribution is -0.155. The third kappa shape index (κ3) is 4.32. The van der Waals surface area contributed by atoms with Gasteiger partial charge in [0.1, 0.15) is 5.60 Å². The van der Waals surface area contributed by atoms with Crippen molar-refractivity contribution in [2.75, 3.05) is 0 Å². The van der Waals surface area contributed by atoms with Crippen molar-refractivity contribution >= 4 is 5.97 Å². The zero-order valence-corrected chi connectivity index (χ0v) is 10.0. The maximum atomic E-state index is 11.5. The molecule has 0 aliphatic heterocycles. The van der Waals surface area contributed by atoms with E-state index in [2.05, 4.69) is 19.1 Å². The highest BCUT2D eigenvalue weighted by atomic mass is 16.6. The Hall–Kier alpha value is -1.05. The number of carbonyl (C=O) groups is 1. The summed E-state index contributed by atoms with van der Waals surface area (Å²) >= 11 is 0. The molecule has 0 aromatic heterocycles. The monoisotopic (exact) mass is 208 g/mol. The van der Waals surface area contributed by atoms with Crippen molar-refractivity contribution in [3.63, 3.8) is 0 Å². The van der Waals surface area contributed by atoms with Gasteiger partial charge in [0.05, 0.1) is 0 Å². The van der Waals surface area contributed by atoms with Crippen LogP contribution in [0.1, 0.15) is 40.5 Å². The average molecular weight is 208 g/mol. The first kappa shape index (κ1) is 12.0. The number of carbonyl (C=O) groups excluding carboxylic acids is 1. The summed E-state index contributed by atoms with van der Waals surface area (Å²) in [4.78, 5) is 11.5. The predicted molar refractivity (Wildman–Crippen MR) is 61.5 cm³/mol. The van der Waals surface area contributed by atoms with Crippen LogP contribution in [-0.2, 0) is 9.53 Å². The highest BCUT2D eigenvalue weighted by molar-refractivity contribution is 5.70. The van der Waals surface area contributed by atoms with E-state index in [4.69, 9.17) is 4.74 Å². The second kappa shape index (κ2) is 4.21. The van der Waals surface area contributed by atoms with Crippen LogP contribution in [0.25, 0.3) is 0 Å². The summed E-state index contributed by atoms with van der Waals surface area (Å²) in [6.07, 6.45) is 9.58. The Morgan fingerprint density at radius 2 is 1.80 bits per heavy atom. The van der Waals surface area contributed by atoms with Gasteiger partial charge in [0.25, 0.3) is 0 Å². The Bertz CT molecular complexity index is 280. The van der Waals surface area contributed by atoms with E-state index in [1.165, 1.54) is 0 Å². The van der Waals surface area contributed by atoms with Crippen LogP contribution < -0.4 is 0 Å². The molecule has 1 rings (SSSR count). The van der Waals surface area contributed by atoms with Gasteiger partial charge >= 0.3 is 5.97 Å². The molecule has 0 aromatic rings. The molecule has 0 unspecified atom stereocenters. The Labute approximate surface area is 92.0 Å². The number of hydrogen-bond acceptors (Lipinski definition) is 2. The summed E-state index contributed by atoms with van der Waals surface area (Å²) in [6.45, 7) is 7.79. The lowest BCUT2D eigenvalue weighted by atomic mass is 9.87. The van der Waals surface area contributed by atoms with E-state index >= 15 is 0 Å². The normalized spacial score (nSPS) is 18.1. The number of hydrogen-bond donors (Lipinski definition) is 0. The molecule has 0 aromatic carbocycles. The van der Waals surface area contributed by atoms with Crippen LogP contribution in [0.2, 0.25) is 0 Å². The molecule has 0 N–H and O–H groups in total. The minimum atomic E-state index is -0.376. The summed E-state index contributed by atoms with van der Waals surface area (Å²) in [6, 6.07) is 0. The minimum absolute atomic E-state index is 0.0386. The summed E-state index contributed by atoms with van der Waals surface area (Å²) in [7, 11) is 0. The molecule has 0 radical (unpaired) electrons. The number of esters is 1. The summed E-state index contributed by atoms with van der Waals surface area (Å²) in [5.41, 5.74) is -0.337. The van der Waals surface area contributed by atoms with Crippen molar-refractivity contribution in [2.24, 2.45) is 5.41 Å². The molecule has 0 spiro atoms. The van der Waals surface area contributed by atoms with Crippen molar-refractivity contribution < 1.29 is 9.53 Å². The Morgan fingerprint density at radius 1 is 1.27 bits per heavy atom. The lowest BCUT2D eigenvalue weighted by Gasteiger charge is -2.22. The zero-order valence-electron chi connectivity index (χ0n) is 10.0. The SMILES string of the molecule is CC1(CCC(=O)OC(C)(C)C)C=CC=C1. The van der Waals surface area contributed by atoms with Crippen molar-refractivity contribution in [1.29, 1.82) is 0 Å². The van der Waals surface area contributed by atoms with Gasteiger partial charge in [-0.05, 0) is 27.2 Å². The molecule has 2 nitrogen and oxygen atoms in total. The second-order valence-corrected chi connectivity index (χ2v) is 5.31. The van der Waals surface area contributed by atoms with E-state index in [-0.39, 0.29) is 17.0 Å². The molecule has 0 saturated heterocycles. The second-order valence-electron chi connectivity index (χ2n) is 5.31. The van der Waals surface area contributed by atoms with Crippen molar-refractivity contribution in [3.05, 3.63) is 24.3 Å². The minimum Gasteiger partial charge on any atom is -0.460 e. The first-order valence-corrected chi connectivity index (χ1v) is 5.40. The lowest BCUT2D eigenvalue weighted by Crippen LogP contribution is -2.24. The molecule has 0 saturated carbocycles. The molecule has 1 aliphatic rings. The van der Waals surface area contributed by atoms with E-state index in [1.807, 2.05) is 32.9 Å². The summed E-state index contributed by atoms with van der Waals surface area (Å²) in [5.74, 6) is -0.113. The first-order chi connectivity index (χ1) is 6.81. The fourth-order valence-electron chi connectivity index (χ4n) is 1.54. The average Bonchev–Trinajstić information content (AvgIpc) is 2.47. The molecule has 84 valence electrons. The molecule has 1 aliphatic carbocycles. The zero-order chi connectivity index (χ0) is 11.5. The van der Waals surface area contributed by atoms with E-state index in [9.17, 15) is 4.79 Å². The Kier molecular flexibility index (Phi) is 3.38. The standard InChI is InChI=1S/C13H20O2/c1-12(2,3)15-11(14)7-10-13(4)8-5-6-9-13/h5-6,8-9H,7,10H2,1-4H3. The van der Waals surface area contributed by atoms with Gasteiger partial charge in [0, 0.05) is 11.8 Å². The van der Waals surface area contributed by atoms with E-state index in [0.29, 0.717) is 6.42 Å². The third-order valence-electron chi connectivity index (χ3n) is 2.35. The van der Waals surface area contributed by atoms with Crippen LogP contribution in [0.5, 0.6) is 0 Å². The Morgan fingerprint density at radius 3 is 2.27 bits per heavy atom. The fraction of sp³-hybridized carbons (Fsp3) is 0.615. The smallest absolute Gasteiger partial charge is 0.306 e. The molecular weight excluding hydrogens is 188 g/mol. The number of allylic oxidation sites excluding steroid dienone is 4. The number of ether oxygens (including phenoxy) is 1. The quantitative estimate of drug-likeness (QED) is 0.665. The molecule has 0 amide bonds. The van der Waals surface area contributed by atoms with Crippen LogP contribution in [0.4, 0.5) is 0 Å². The van der Waals surface area contributed by atoms with Gasteiger partial charge in [-0.3, -0.25) is 4.79 Å². The van der Waals surface area contributed by atoms with Crippen molar-refractivity contribution in [3.8, 4) is 0 Å². The van der Waals surface area contributed by atoms with Crippen LogP contribution in [0, 0.1) is 5.41 Å². The van der Waals surface area contributed by atoms with Crippen LogP contribution >= 0.6 is 0 Å². The molecule has 0 heterocycles. The summed E-state index contributed by atoms with van der Waals surface area (Å²) in [5, 5.41) is 0. The molecule has 0 fully saturated rings. The van der Waals surface area contributed by atoms with Gasteiger partial charge in [-0.15, -0.1) is 0 Å². The van der Waals surface area contributed by atoms with Crippen molar-refractivity contribution in [2.45, 2.75) is 46.1 Å². The molecular formula is C13H20O2. The largest absolute Gasteiger partial charge is 0.460 e. The summed E-state index contributed by atoms with van der Waals surface area (Å²) < 4.78 is 5.26. The maximum Gasteiger partial charge on any atom is 0.306 e. The Balaban J connectivity index is 2.35. The topological polar surface area (TPSA) is 26.3 Å². The number of rotatable bonds is 3. The highest BCUT2D eigenvalue weighted by Crippen LogP contribution is 2.30. The van der Waals surface area contributed by atoms with E-state index < -0.39 is 0 Å². The van der Waals surface area contributed by atoms with E-state index in [1.54, 1.807) is 0 Å². The van der Waals surface area contributed by atoms with Gasteiger partial charge in [0.2, 0.25) is 0 Å². The maximum absolute atomic E-state index is 11.5. The first-order valence-electron chi connectivity index (χ1n) is 5.40. The van der Waals surface area contributed by atoms with Gasteiger partial charge in [-0.1, -0.05) is 31.2 Å². The highest BCUT2D eigenvalue weighted by Gasteiger charge is 2.23. The predicted octanol–water partition coefficient (Wildman–Crippen LogP) is 3.24. The molecule has 0 bridgehead atoms. The van der Waals surface area contributed by atoms with Gasteiger partial charge < -0.3 is 4.74 Å². The van der Waals surface area contributed by atoms with Gasteiger partial charge in [-0.25, -0.2) is 0 Å². The van der Waals surface area contributed by atoms with Crippen LogP contribution in [-0.4, -0.2) is 11.6 Å². The van der Waals surface area contributed by atoms with Crippen LogP contribution in [0.15, 0.2) is 24.3 Å². The molecule has 15 heavy (non-hydrogen) atoms. The van der Waals surface area contributed by atoms with Crippen molar-refractivity contribution in [1.82, 2.24) is 0 Å². The van der Waals surface area contributed by atoms with Gasteiger partial charge in [0.15, 0.2) is 0 Å². The van der Waals surface area contributed by atoms with Gasteiger partial charge in [-0.2, -0.15) is 0 Å². The fourth-order valence-corrected chi connectivity index (χ4v) is 1.54.